The van der Waals surface area contributed by atoms with Gasteiger partial charge in [0.05, 0.1) is 10.7 Å². The molecule has 0 saturated carbocycles. The molecule has 4 heteroatoms. The lowest BCUT2D eigenvalue weighted by molar-refractivity contribution is 0.385. The molecule has 2 unspecified atom stereocenters. The Morgan fingerprint density at radius 1 is 1.50 bits per heavy atom. The highest BCUT2D eigenvalue weighted by Crippen LogP contribution is 2.23. The molecule has 2 atom stereocenters. The number of likely N-dealkylation sites (tertiary alicyclic amines) is 1. The van der Waals surface area contributed by atoms with Gasteiger partial charge in [0.15, 0.2) is 0 Å². The number of likely N-dealkylation sites (N-methyl/N-ethyl adjacent to an activating group) is 1. The van der Waals surface area contributed by atoms with Crippen LogP contribution in [0.4, 0.5) is 0 Å². The van der Waals surface area contributed by atoms with Gasteiger partial charge >= 0.3 is 0 Å². The fraction of sp³-hybridized carbons (Fsp3) is 0.750. The van der Waals surface area contributed by atoms with Crippen LogP contribution in [-0.4, -0.2) is 36.1 Å². The van der Waals surface area contributed by atoms with Gasteiger partial charge in [0.25, 0.3) is 0 Å². The summed E-state index contributed by atoms with van der Waals surface area (Å²) in [6.07, 6.45) is 1.25. The average Bonchev–Trinajstić information content (AvgIpc) is 2.73. The zero-order chi connectivity index (χ0) is 11.7. The van der Waals surface area contributed by atoms with E-state index in [1.807, 2.05) is 0 Å². The van der Waals surface area contributed by atoms with Crippen molar-refractivity contribution in [2.45, 2.75) is 39.3 Å². The third-order valence-electron chi connectivity index (χ3n) is 3.23. The third-order valence-corrected chi connectivity index (χ3v) is 4.13. The zero-order valence-electron chi connectivity index (χ0n) is 10.6. The van der Waals surface area contributed by atoms with Gasteiger partial charge in [-0.15, -0.1) is 11.3 Å². The van der Waals surface area contributed by atoms with Crippen molar-refractivity contribution in [3.8, 4) is 0 Å². The molecule has 1 fully saturated rings. The number of aromatic nitrogens is 1. The largest absolute Gasteiger partial charge is 0.305 e. The minimum Gasteiger partial charge on any atom is -0.305 e. The highest BCUT2D eigenvalue weighted by atomic mass is 32.1. The summed E-state index contributed by atoms with van der Waals surface area (Å²) in [6, 6.07) is 1.00. The number of hydrogen-bond donors (Lipinski definition) is 1. The van der Waals surface area contributed by atoms with Crippen LogP contribution in [0.25, 0.3) is 0 Å². The Balaban J connectivity index is 1.97. The minimum atomic E-state index is 0.376. The third kappa shape index (κ3) is 2.62. The van der Waals surface area contributed by atoms with Gasteiger partial charge < -0.3 is 10.2 Å². The van der Waals surface area contributed by atoms with E-state index in [1.54, 1.807) is 11.3 Å². The summed E-state index contributed by atoms with van der Waals surface area (Å²) in [5.74, 6) is 0. The molecule has 1 N–H and O–H groups in total. The Kier molecular flexibility index (Phi) is 3.62. The molecule has 0 radical (unpaired) electrons. The Labute approximate surface area is 102 Å². The smallest absolute Gasteiger partial charge is 0.0900 e. The van der Waals surface area contributed by atoms with E-state index >= 15 is 0 Å². The number of aryl methyl sites for hydroxylation is 2. The zero-order valence-corrected chi connectivity index (χ0v) is 11.4. The fourth-order valence-electron chi connectivity index (χ4n) is 2.45. The summed E-state index contributed by atoms with van der Waals surface area (Å²) in [6.45, 7) is 8.84. The van der Waals surface area contributed by atoms with Crippen molar-refractivity contribution in [2.24, 2.45) is 0 Å². The van der Waals surface area contributed by atoms with Crippen LogP contribution < -0.4 is 5.32 Å². The molecule has 1 aromatic rings. The number of nitrogens with one attached hydrogen (secondary N) is 1. The first-order valence-corrected chi connectivity index (χ1v) is 6.76. The summed E-state index contributed by atoms with van der Waals surface area (Å²) < 4.78 is 0. The molecule has 16 heavy (non-hydrogen) atoms. The minimum absolute atomic E-state index is 0.376. The molecule has 0 spiro atoms. The van der Waals surface area contributed by atoms with Crippen molar-refractivity contribution in [3.05, 3.63) is 15.6 Å². The van der Waals surface area contributed by atoms with Crippen molar-refractivity contribution >= 4 is 11.3 Å². The highest BCUT2D eigenvalue weighted by Gasteiger charge is 2.22. The van der Waals surface area contributed by atoms with Gasteiger partial charge in [-0.25, -0.2) is 4.98 Å². The molecule has 90 valence electrons. The maximum Gasteiger partial charge on any atom is 0.0900 e. The van der Waals surface area contributed by atoms with Gasteiger partial charge in [0.2, 0.25) is 0 Å². The first-order valence-electron chi connectivity index (χ1n) is 5.95. The Morgan fingerprint density at radius 3 is 2.75 bits per heavy atom. The lowest BCUT2D eigenvalue weighted by atomic mass is 10.1. The molecule has 1 aliphatic heterocycles. The maximum absolute atomic E-state index is 4.61. The van der Waals surface area contributed by atoms with Crippen LogP contribution in [0.3, 0.4) is 0 Å². The molecular weight excluding hydrogens is 218 g/mol. The predicted octanol–water partition coefficient (Wildman–Crippen LogP) is 2.11. The topological polar surface area (TPSA) is 28.2 Å². The number of nitrogens with zero attached hydrogens (tertiary/aromatic N) is 2. The van der Waals surface area contributed by atoms with Crippen LogP contribution >= 0.6 is 11.3 Å². The van der Waals surface area contributed by atoms with Crippen LogP contribution in [0.2, 0.25) is 0 Å². The van der Waals surface area contributed by atoms with Crippen LogP contribution in [0.1, 0.15) is 35.0 Å². The SMILES string of the molecule is Cc1nc(C(C)NC2CCN(C)C2)c(C)s1. The second-order valence-electron chi connectivity index (χ2n) is 4.81. The molecule has 3 nitrogen and oxygen atoms in total. The van der Waals surface area contributed by atoms with Crippen molar-refractivity contribution in [3.63, 3.8) is 0 Å². The van der Waals surface area contributed by atoms with Crippen LogP contribution in [0, 0.1) is 13.8 Å². The van der Waals surface area contributed by atoms with Crippen molar-refractivity contribution in [2.75, 3.05) is 20.1 Å². The van der Waals surface area contributed by atoms with E-state index in [2.05, 4.69) is 43.0 Å². The van der Waals surface area contributed by atoms with Crippen LogP contribution in [-0.2, 0) is 0 Å². The van der Waals surface area contributed by atoms with E-state index in [4.69, 9.17) is 0 Å². The summed E-state index contributed by atoms with van der Waals surface area (Å²) in [5, 5.41) is 4.85. The van der Waals surface area contributed by atoms with Gasteiger partial charge in [0, 0.05) is 23.5 Å². The number of thiazole rings is 1. The number of rotatable bonds is 3. The molecule has 1 aliphatic rings. The Bertz CT molecular complexity index is 361. The van der Waals surface area contributed by atoms with E-state index in [0.717, 1.165) is 6.54 Å². The van der Waals surface area contributed by atoms with E-state index < -0.39 is 0 Å². The molecule has 0 bridgehead atoms. The molecule has 1 aromatic heterocycles. The lowest BCUT2D eigenvalue weighted by Gasteiger charge is -2.18. The van der Waals surface area contributed by atoms with Crippen molar-refractivity contribution in [1.82, 2.24) is 15.2 Å². The van der Waals surface area contributed by atoms with E-state index in [0.29, 0.717) is 12.1 Å². The van der Waals surface area contributed by atoms with Crippen molar-refractivity contribution in [1.29, 1.82) is 0 Å². The predicted molar refractivity (Wildman–Crippen MR) is 69.0 cm³/mol. The Morgan fingerprint density at radius 2 is 2.25 bits per heavy atom. The second-order valence-corrected chi connectivity index (χ2v) is 6.22. The molecule has 0 aromatic carbocycles. The van der Waals surface area contributed by atoms with Gasteiger partial charge in [-0.2, -0.15) is 0 Å². The lowest BCUT2D eigenvalue weighted by Crippen LogP contribution is -2.33. The van der Waals surface area contributed by atoms with E-state index in [-0.39, 0.29) is 0 Å². The van der Waals surface area contributed by atoms with E-state index in [1.165, 1.54) is 28.5 Å². The average molecular weight is 239 g/mol. The van der Waals surface area contributed by atoms with Crippen LogP contribution in [0.15, 0.2) is 0 Å². The first-order chi connectivity index (χ1) is 7.56. The second kappa shape index (κ2) is 4.82. The van der Waals surface area contributed by atoms with Gasteiger partial charge in [-0.05, 0) is 40.8 Å². The standard InChI is InChI=1S/C12H21N3S/c1-8(12-9(2)16-10(3)14-12)13-11-5-6-15(4)7-11/h8,11,13H,5-7H2,1-4H3. The van der Waals surface area contributed by atoms with Crippen molar-refractivity contribution < 1.29 is 0 Å². The van der Waals surface area contributed by atoms with Gasteiger partial charge in [0.1, 0.15) is 0 Å². The first kappa shape index (κ1) is 12.0. The summed E-state index contributed by atoms with van der Waals surface area (Å²) in [5.41, 5.74) is 1.23. The maximum atomic E-state index is 4.61. The molecule has 1 saturated heterocycles. The molecule has 0 aliphatic carbocycles. The van der Waals surface area contributed by atoms with E-state index in [9.17, 15) is 0 Å². The number of hydrogen-bond acceptors (Lipinski definition) is 4. The fourth-order valence-corrected chi connectivity index (χ4v) is 3.36. The van der Waals surface area contributed by atoms with Crippen LogP contribution in [0.5, 0.6) is 0 Å². The molecule has 2 heterocycles. The normalized spacial score (nSPS) is 23.9. The molecule has 0 amide bonds. The molecular formula is C12H21N3S. The highest BCUT2D eigenvalue weighted by molar-refractivity contribution is 7.11. The monoisotopic (exact) mass is 239 g/mol. The summed E-state index contributed by atoms with van der Waals surface area (Å²) >= 11 is 1.79. The van der Waals surface area contributed by atoms with Gasteiger partial charge in [-0.3, -0.25) is 0 Å². The summed E-state index contributed by atoms with van der Waals surface area (Å²) in [7, 11) is 2.19. The van der Waals surface area contributed by atoms with Gasteiger partial charge in [-0.1, -0.05) is 0 Å². The Hall–Kier alpha value is -0.450. The summed E-state index contributed by atoms with van der Waals surface area (Å²) in [4.78, 5) is 8.34. The molecule has 2 rings (SSSR count). The quantitative estimate of drug-likeness (QED) is 0.875.